The minimum atomic E-state index is -0.830. The number of hydrogen-bond donors (Lipinski definition) is 1. The van der Waals surface area contributed by atoms with E-state index in [1.165, 1.54) is 17.3 Å². The number of carbonyl (C=O) groups excluding carboxylic acids is 2. The number of carbonyl (C=O) groups is 2. The maximum absolute atomic E-state index is 12.2. The zero-order valence-electron chi connectivity index (χ0n) is 15.7. The first kappa shape index (κ1) is 20.0. The first-order chi connectivity index (χ1) is 12.3. The molecule has 0 bridgehead atoms. The average Bonchev–Trinajstić information content (AvgIpc) is 2.59. The molecule has 26 heavy (non-hydrogen) atoms. The second-order valence-electron chi connectivity index (χ2n) is 6.42. The van der Waals surface area contributed by atoms with Gasteiger partial charge in [0.2, 0.25) is 0 Å². The third-order valence-electron chi connectivity index (χ3n) is 3.93. The van der Waals surface area contributed by atoms with Gasteiger partial charge in [0.15, 0.2) is 6.10 Å². The number of ether oxygens (including phenoxy) is 1. The first-order valence-corrected chi connectivity index (χ1v) is 9.71. The number of anilines is 1. The minimum absolute atomic E-state index is 0.217. The van der Waals surface area contributed by atoms with Gasteiger partial charge in [-0.3, -0.25) is 9.59 Å². The van der Waals surface area contributed by atoms with Gasteiger partial charge in [-0.05, 0) is 44.9 Å². The Hall–Kier alpha value is -2.27. The second-order valence-corrected chi connectivity index (χ2v) is 7.40. The number of rotatable bonds is 7. The van der Waals surface area contributed by atoms with E-state index < -0.39 is 6.10 Å². The minimum Gasteiger partial charge on any atom is -0.452 e. The van der Waals surface area contributed by atoms with E-state index >= 15 is 0 Å². The zero-order chi connectivity index (χ0) is 19.1. The highest BCUT2D eigenvalue weighted by Crippen LogP contribution is 2.17. The Labute approximate surface area is 159 Å². The predicted octanol–water partition coefficient (Wildman–Crippen LogP) is 4.42. The summed E-state index contributed by atoms with van der Waals surface area (Å²) in [7, 11) is 0. The Kier molecular flexibility index (Phi) is 7.27. The van der Waals surface area contributed by atoms with E-state index in [-0.39, 0.29) is 17.6 Å². The van der Waals surface area contributed by atoms with Crippen molar-refractivity contribution in [2.24, 2.45) is 0 Å². The molecule has 0 saturated carbocycles. The molecule has 0 saturated heterocycles. The lowest BCUT2D eigenvalue weighted by Gasteiger charge is -2.15. The summed E-state index contributed by atoms with van der Waals surface area (Å²) in [5, 5.41) is 2.81. The number of amides is 1. The summed E-state index contributed by atoms with van der Waals surface area (Å²) < 4.78 is 5.23. The number of nitrogens with one attached hydrogen (secondary N) is 1. The first-order valence-electron chi connectivity index (χ1n) is 8.56. The maximum atomic E-state index is 12.2. The fourth-order valence-electron chi connectivity index (χ4n) is 2.41. The topological polar surface area (TPSA) is 55.4 Å². The van der Waals surface area contributed by atoms with Gasteiger partial charge in [0.25, 0.3) is 5.91 Å². The molecule has 5 heteroatoms. The Morgan fingerprint density at radius 1 is 1.04 bits per heavy atom. The number of esters is 1. The van der Waals surface area contributed by atoms with Crippen molar-refractivity contribution in [1.82, 2.24) is 0 Å². The van der Waals surface area contributed by atoms with E-state index in [2.05, 4.69) is 5.32 Å². The Balaban J connectivity index is 1.76. The summed E-state index contributed by atoms with van der Waals surface area (Å²) >= 11 is 1.48. The van der Waals surface area contributed by atoms with E-state index in [0.717, 1.165) is 28.1 Å². The number of benzene rings is 2. The molecule has 2 aromatic carbocycles. The van der Waals surface area contributed by atoms with Gasteiger partial charge in [0, 0.05) is 11.4 Å². The largest absolute Gasteiger partial charge is 0.452 e. The Morgan fingerprint density at radius 2 is 1.69 bits per heavy atom. The van der Waals surface area contributed by atoms with E-state index in [1.807, 2.05) is 63.2 Å². The third-order valence-corrected chi connectivity index (χ3v) is 4.90. The molecule has 0 aromatic heterocycles. The number of thioether (sulfide) groups is 1. The van der Waals surface area contributed by atoms with Crippen molar-refractivity contribution in [3.05, 3.63) is 64.7 Å². The maximum Gasteiger partial charge on any atom is 0.316 e. The van der Waals surface area contributed by atoms with Gasteiger partial charge in [-0.25, -0.2) is 0 Å². The van der Waals surface area contributed by atoms with Crippen molar-refractivity contribution in [1.29, 1.82) is 0 Å². The smallest absolute Gasteiger partial charge is 0.316 e. The van der Waals surface area contributed by atoms with Crippen molar-refractivity contribution < 1.29 is 14.3 Å². The molecule has 0 heterocycles. The van der Waals surface area contributed by atoms with Crippen molar-refractivity contribution in [2.75, 3.05) is 11.1 Å². The lowest BCUT2D eigenvalue weighted by atomic mass is 10.1. The molecule has 0 aliphatic rings. The lowest BCUT2D eigenvalue weighted by Crippen LogP contribution is -2.30. The highest BCUT2D eigenvalue weighted by molar-refractivity contribution is 7.99. The van der Waals surface area contributed by atoms with E-state index in [0.29, 0.717) is 0 Å². The average molecular weight is 372 g/mol. The van der Waals surface area contributed by atoms with Gasteiger partial charge >= 0.3 is 5.97 Å². The van der Waals surface area contributed by atoms with Crippen LogP contribution in [-0.4, -0.2) is 23.7 Å². The molecule has 0 fully saturated rings. The fraction of sp³-hybridized carbons (Fsp3) is 0.333. The molecule has 138 valence electrons. The monoisotopic (exact) mass is 371 g/mol. The van der Waals surface area contributed by atoms with Crippen molar-refractivity contribution in [2.45, 2.75) is 39.6 Å². The number of hydrogen-bond acceptors (Lipinski definition) is 4. The van der Waals surface area contributed by atoms with Crippen LogP contribution in [0, 0.1) is 20.8 Å². The summed E-state index contributed by atoms with van der Waals surface area (Å²) in [6.07, 6.45) is -0.830. The molecule has 1 N–H and O–H groups in total. The van der Waals surface area contributed by atoms with E-state index in [4.69, 9.17) is 4.74 Å². The summed E-state index contributed by atoms with van der Waals surface area (Å²) in [5.74, 6) is 0.243. The molecule has 0 aliphatic carbocycles. The normalized spacial score (nSPS) is 11.7. The van der Waals surface area contributed by atoms with Crippen molar-refractivity contribution >= 4 is 29.3 Å². The Morgan fingerprint density at radius 3 is 2.35 bits per heavy atom. The fourth-order valence-corrected chi connectivity index (χ4v) is 3.17. The SMILES string of the molecule is Cc1ccc(CSCC(=O)O[C@H](C)C(=O)Nc2ccc(C)cc2C)cc1. The lowest BCUT2D eigenvalue weighted by molar-refractivity contribution is -0.150. The van der Waals surface area contributed by atoms with Crippen LogP contribution in [0.25, 0.3) is 0 Å². The molecule has 4 nitrogen and oxygen atoms in total. The quantitative estimate of drug-likeness (QED) is 0.732. The van der Waals surface area contributed by atoms with Crippen LogP contribution < -0.4 is 5.32 Å². The summed E-state index contributed by atoms with van der Waals surface area (Å²) in [4.78, 5) is 24.2. The highest BCUT2D eigenvalue weighted by atomic mass is 32.2. The zero-order valence-corrected chi connectivity index (χ0v) is 16.5. The van der Waals surface area contributed by atoms with Crippen LogP contribution in [0.3, 0.4) is 0 Å². The molecule has 0 spiro atoms. The Bertz CT molecular complexity index is 771. The van der Waals surface area contributed by atoms with Gasteiger partial charge < -0.3 is 10.1 Å². The van der Waals surface area contributed by atoms with Crippen LogP contribution in [0.15, 0.2) is 42.5 Å². The van der Waals surface area contributed by atoms with E-state index in [1.54, 1.807) is 6.92 Å². The van der Waals surface area contributed by atoms with Gasteiger partial charge in [0.1, 0.15) is 0 Å². The second kappa shape index (κ2) is 9.43. The molecule has 2 aromatic rings. The molecule has 0 aliphatic heterocycles. The standard InChI is InChI=1S/C21H25NO3S/c1-14-5-8-18(9-6-14)12-26-13-20(23)25-17(4)21(24)22-19-10-7-15(2)11-16(19)3/h5-11,17H,12-13H2,1-4H3,(H,22,24)/t17-/m1/s1. The molecular weight excluding hydrogens is 346 g/mol. The highest BCUT2D eigenvalue weighted by Gasteiger charge is 2.18. The molecule has 1 amide bonds. The van der Waals surface area contributed by atoms with Crippen LogP contribution in [0.4, 0.5) is 5.69 Å². The summed E-state index contributed by atoms with van der Waals surface area (Å²) in [6.45, 7) is 7.55. The van der Waals surface area contributed by atoms with Gasteiger partial charge in [0.05, 0.1) is 5.75 Å². The van der Waals surface area contributed by atoms with Gasteiger partial charge in [-0.1, -0.05) is 47.5 Å². The molecule has 0 radical (unpaired) electrons. The third kappa shape index (κ3) is 6.23. The van der Waals surface area contributed by atoms with Gasteiger partial charge in [-0.15, -0.1) is 11.8 Å². The van der Waals surface area contributed by atoms with Gasteiger partial charge in [-0.2, -0.15) is 0 Å². The van der Waals surface area contributed by atoms with Crippen LogP contribution in [0.2, 0.25) is 0 Å². The van der Waals surface area contributed by atoms with Crippen molar-refractivity contribution in [3.8, 4) is 0 Å². The molecule has 2 rings (SSSR count). The number of aryl methyl sites for hydroxylation is 3. The van der Waals surface area contributed by atoms with Crippen LogP contribution in [0.1, 0.15) is 29.2 Å². The van der Waals surface area contributed by atoms with Crippen molar-refractivity contribution in [3.63, 3.8) is 0 Å². The molecule has 1 atom stereocenters. The summed E-state index contributed by atoms with van der Waals surface area (Å²) in [5.41, 5.74) is 5.21. The van der Waals surface area contributed by atoms with Crippen LogP contribution in [0.5, 0.6) is 0 Å². The molecule has 0 unspecified atom stereocenters. The van der Waals surface area contributed by atoms with E-state index in [9.17, 15) is 9.59 Å². The van der Waals surface area contributed by atoms with Crippen LogP contribution in [-0.2, 0) is 20.1 Å². The van der Waals surface area contributed by atoms with Crippen LogP contribution >= 0.6 is 11.8 Å². The summed E-state index contributed by atoms with van der Waals surface area (Å²) in [6, 6.07) is 14.0. The predicted molar refractivity (Wildman–Crippen MR) is 107 cm³/mol. The molecular formula is C21H25NO3S.